The normalized spacial score (nSPS) is 23.2. The third-order valence-corrected chi connectivity index (χ3v) is 4.80. The number of amides is 1. The van der Waals surface area contributed by atoms with E-state index in [1.807, 2.05) is 19.1 Å². The summed E-state index contributed by atoms with van der Waals surface area (Å²) in [6.45, 7) is 3.55. The van der Waals surface area contributed by atoms with Crippen molar-refractivity contribution in [2.45, 2.75) is 38.3 Å². The first kappa shape index (κ1) is 16.0. The summed E-state index contributed by atoms with van der Waals surface area (Å²) in [7, 11) is 0. The largest absolute Gasteiger partial charge is 0.350 e. The summed E-state index contributed by atoms with van der Waals surface area (Å²) in [5.41, 5.74) is -0.382. The van der Waals surface area contributed by atoms with Gasteiger partial charge in [-0.1, -0.05) is 0 Å². The molecule has 1 fully saturated rings. The number of rotatable bonds is 3. The molecule has 0 bridgehead atoms. The Kier molecular flexibility index (Phi) is 6.11. The van der Waals surface area contributed by atoms with E-state index in [4.69, 9.17) is 0 Å². The van der Waals surface area contributed by atoms with Gasteiger partial charge in [0.25, 0.3) is 0 Å². The molecule has 1 atom stereocenters. The fraction of sp³-hybridized carbons (Fsp3) is 0.583. The van der Waals surface area contributed by atoms with Gasteiger partial charge in [0.1, 0.15) is 0 Å². The molecule has 1 unspecified atom stereocenters. The van der Waals surface area contributed by atoms with E-state index in [9.17, 15) is 4.79 Å². The molecule has 2 heterocycles. The fourth-order valence-corrected chi connectivity index (χ4v) is 3.48. The summed E-state index contributed by atoms with van der Waals surface area (Å²) >= 11 is 5.08. The second kappa shape index (κ2) is 6.89. The van der Waals surface area contributed by atoms with Gasteiger partial charge in [-0.15, -0.1) is 23.7 Å². The number of carbonyl (C=O) groups is 1. The second-order valence-electron chi connectivity index (χ2n) is 4.60. The second-order valence-corrected chi connectivity index (χ2v) is 7.15. The molecule has 0 aliphatic carbocycles. The van der Waals surface area contributed by atoms with E-state index in [2.05, 4.69) is 26.6 Å². The van der Waals surface area contributed by atoms with Gasteiger partial charge in [-0.25, -0.2) is 0 Å². The van der Waals surface area contributed by atoms with Crippen LogP contribution in [-0.4, -0.2) is 18.0 Å². The lowest BCUT2D eigenvalue weighted by Gasteiger charge is -2.33. The number of hydrogen-bond acceptors (Lipinski definition) is 3. The summed E-state index contributed by atoms with van der Waals surface area (Å²) in [5, 5.41) is 6.33. The lowest BCUT2D eigenvalue weighted by atomic mass is 9.90. The Morgan fingerprint density at radius 1 is 1.56 bits per heavy atom. The molecule has 1 aliphatic heterocycles. The van der Waals surface area contributed by atoms with Crippen molar-refractivity contribution in [2.75, 3.05) is 6.54 Å². The van der Waals surface area contributed by atoms with Crippen LogP contribution in [0, 0.1) is 0 Å². The van der Waals surface area contributed by atoms with E-state index in [0.717, 1.165) is 23.2 Å². The van der Waals surface area contributed by atoms with Crippen molar-refractivity contribution in [2.24, 2.45) is 0 Å². The minimum atomic E-state index is -0.382. The van der Waals surface area contributed by atoms with Crippen LogP contribution in [0.4, 0.5) is 0 Å². The highest BCUT2D eigenvalue weighted by Crippen LogP contribution is 2.23. The minimum Gasteiger partial charge on any atom is -0.350 e. The van der Waals surface area contributed by atoms with Gasteiger partial charge < -0.3 is 10.6 Å². The van der Waals surface area contributed by atoms with Crippen molar-refractivity contribution in [1.82, 2.24) is 10.6 Å². The SMILES string of the molecule is CC1(C(=O)NCc2ccc(Br)s2)CCCCN1.Cl. The van der Waals surface area contributed by atoms with Crippen LogP contribution in [0.5, 0.6) is 0 Å². The summed E-state index contributed by atoms with van der Waals surface area (Å²) in [4.78, 5) is 13.3. The van der Waals surface area contributed by atoms with Crippen LogP contribution in [0.2, 0.25) is 0 Å². The van der Waals surface area contributed by atoms with E-state index >= 15 is 0 Å². The van der Waals surface area contributed by atoms with Crippen LogP contribution in [-0.2, 0) is 11.3 Å². The van der Waals surface area contributed by atoms with Crippen LogP contribution in [0.15, 0.2) is 15.9 Å². The zero-order valence-electron chi connectivity index (χ0n) is 10.3. The van der Waals surface area contributed by atoms with Crippen LogP contribution >= 0.6 is 39.7 Å². The maximum atomic E-state index is 12.1. The Bertz CT molecular complexity index is 405. The molecule has 0 saturated carbocycles. The van der Waals surface area contributed by atoms with Crippen LogP contribution in [0.3, 0.4) is 0 Å². The van der Waals surface area contributed by atoms with E-state index < -0.39 is 0 Å². The van der Waals surface area contributed by atoms with E-state index in [0.29, 0.717) is 6.54 Å². The highest BCUT2D eigenvalue weighted by atomic mass is 79.9. The molecule has 6 heteroatoms. The third kappa shape index (κ3) is 3.95. The Hall–Kier alpha value is -0.100. The highest BCUT2D eigenvalue weighted by Gasteiger charge is 2.33. The number of nitrogens with one attached hydrogen (secondary N) is 2. The Balaban J connectivity index is 0.00000162. The van der Waals surface area contributed by atoms with Gasteiger partial charge in [0.15, 0.2) is 0 Å². The molecule has 3 nitrogen and oxygen atoms in total. The van der Waals surface area contributed by atoms with Gasteiger partial charge in [-0.05, 0) is 60.8 Å². The molecule has 1 aromatic rings. The topological polar surface area (TPSA) is 41.1 Å². The average Bonchev–Trinajstić information content (AvgIpc) is 2.73. The van der Waals surface area contributed by atoms with E-state index in [1.165, 1.54) is 11.3 Å². The number of thiophene rings is 1. The van der Waals surface area contributed by atoms with Crippen LogP contribution in [0.1, 0.15) is 31.1 Å². The van der Waals surface area contributed by atoms with Gasteiger partial charge in [-0.2, -0.15) is 0 Å². The lowest BCUT2D eigenvalue weighted by Crippen LogP contribution is -2.56. The maximum absolute atomic E-state index is 12.1. The first-order valence-corrected chi connectivity index (χ1v) is 7.49. The summed E-state index contributed by atoms with van der Waals surface area (Å²) in [6.07, 6.45) is 3.22. The van der Waals surface area contributed by atoms with Gasteiger partial charge in [0, 0.05) is 4.88 Å². The van der Waals surface area contributed by atoms with Crippen molar-refractivity contribution in [1.29, 1.82) is 0 Å². The van der Waals surface area contributed by atoms with Crippen molar-refractivity contribution < 1.29 is 4.79 Å². The standard InChI is InChI=1S/C12H17BrN2OS.ClH/c1-12(6-2-3-7-15-12)11(16)14-8-9-4-5-10(13)17-9;/h4-5,15H,2-3,6-8H2,1H3,(H,14,16);1H. The molecule has 1 aromatic heterocycles. The predicted molar refractivity (Wildman–Crippen MR) is 81.4 cm³/mol. The van der Waals surface area contributed by atoms with Crippen molar-refractivity contribution >= 4 is 45.6 Å². The van der Waals surface area contributed by atoms with Gasteiger partial charge in [0.05, 0.1) is 15.9 Å². The zero-order valence-corrected chi connectivity index (χ0v) is 13.5. The molecule has 102 valence electrons. The molecule has 18 heavy (non-hydrogen) atoms. The molecule has 1 saturated heterocycles. The molecule has 2 N–H and O–H groups in total. The molecule has 2 rings (SSSR count). The molecule has 1 aliphatic rings. The summed E-state index contributed by atoms with van der Waals surface area (Å²) in [5.74, 6) is 0.113. The van der Waals surface area contributed by atoms with Crippen molar-refractivity contribution in [3.63, 3.8) is 0 Å². The van der Waals surface area contributed by atoms with Crippen molar-refractivity contribution in [3.05, 3.63) is 20.8 Å². The smallest absolute Gasteiger partial charge is 0.240 e. The molecule has 1 amide bonds. The highest BCUT2D eigenvalue weighted by molar-refractivity contribution is 9.11. The molecule has 0 aromatic carbocycles. The van der Waals surface area contributed by atoms with Crippen LogP contribution < -0.4 is 10.6 Å². The number of piperidine rings is 1. The Labute approximate surface area is 126 Å². The fourth-order valence-electron chi connectivity index (χ4n) is 2.06. The molecule has 0 spiro atoms. The zero-order chi connectivity index (χ0) is 12.3. The predicted octanol–water partition coefficient (Wildman–Crippen LogP) is 3.08. The van der Waals surface area contributed by atoms with Gasteiger partial charge in [0.2, 0.25) is 5.91 Å². The molecule has 0 radical (unpaired) electrons. The quantitative estimate of drug-likeness (QED) is 0.877. The maximum Gasteiger partial charge on any atom is 0.240 e. The molecular formula is C12H18BrClN2OS. The number of carbonyl (C=O) groups excluding carboxylic acids is 1. The summed E-state index contributed by atoms with van der Waals surface area (Å²) < 4.78 is 1.10. The third-order valence-electron chi connectivity index (χ3n) is 3.17. The Morgan fingerprint density at radius 2 is 2.33 bits per heavy atom. The van der Waals surface area contributed by atoms with E-state index in [-0.39, 0.29) is 23.9 Å². The van der Waals surface area contributed by atoms with Crippen LogP contribution in [0.25, 0.3) is 0 Å². The first-order valence-electron chi connectivity index (χ1n) is 5.88. The Morgan fingerprint density at radius 3 is 2.89 bits per heavy atom. The molecular weight excluding hydrogens is 336 g/mol. The van der Waals surface area contributed by atoms with Gasteiger partial charge >= 0.3 is 0 Å². The van der Waals surface area contributed by atoms with Crippen molar-refractivity contribution in [3.8, 4) is 0 Å². The average molecular weight is 354 g/mol. The minimum absolute atomic E-state index is 0. The lowest BCUT2D eigenvalue weighted by molar-refractivity contribution is -0.128. The first-order chi connectivity index (χ1) is 8.10. The summed E-state index contributed by atoms with van der Waals surface area (Å²) in [6, 6.07) is 4.04. The monoisotopic (exact) mass is 352 g/mol. The number of halogens is 2. The number of hydrogen-bond donors (Lipinski definition) is 2. The van der Waals surface area contributed by atoms with E-state index in [1.54, 1.807) is 11.3 Å². The van der Waals surface area contributed by atoms with Gasteiger partial charge in [-0.3, -0.25) is 4.79 Å².